The summed E-state index contributed by atoms with van der Waals surface area (Å²) in [7, 11) is -3.01. The van der Waals surface area contributed by atoms with Gasteiger partial charge in [0.05, 0.1) is 0 Å². The number of nitrogens with zero attached hydrogens (tertiary/aromatic N) is 3. The Balaban J connectivity index is 6.79. The molecule has 0 N–H and O–H groups in total. The fraction of sp³-hybridized carbons (Fsp3) is 1.00. The van der Waals surface area contributed by atoms with Gasteiger partial charge < -0.3 is 0 Å². The molecule has 0 aliphatic carbocycles. The maximum Gasteiger partial charge on any atom is 0.286 e. The van der Waals surface area contributed by atoms with Crippen LogP contribution < -0.4 is 0 Å². The summed E-state index contributed by atoms with van der Waals surface area (Å²) >= 11 is 0. The van der Waals surface area contributed by atoms with Crippen LogP contribution in [0.4, 0.5) is 0 Å². The molecule has 0 unspecified atom stereocenters. The van der Waals surface area contributed by atoms with Crippen molar-refractivity contribution < 1.29 is 4.57 Å². The van der Waals surface area contributed by atoms with Crippen molar-refractivity contribution in [2.24, 2.45) is 0 Å². The minimum absolute atomic E-state index is 1.03. The van der Waals surface area contributed by atoms with E-state index in [4.69, 9.17) is 0 Å². The van der Waals surface area contributed by atoms with Gasteiger partial charge in [-0.2, -0.15) is 0 Å². The molecule has 0 aliphatic rings. The van der Waals surface area contributed by atoms with Crippen LogP contribution in [0, 0.1) is 0 Å². The summed E-state index contributed by atoms with van der Waals surface area (Å²) in [6.07, 6.45) is 82.0. The molecule has 0 atom stereocenters. The van der Waals surface area contributed by atoms with Crippen LogP contribution in [0.2, 0.25) is 0 Å². The third-order valence-electron chi connectivity index (χ3n) is 17.7. The normalized spacial score (nSPS) is 12.2. The molecule has 0 radical (unpaired) electrons. The zero-order valence-electron chi connectivity index (χ0n) is 54.9. The molecule has 0 heterocycles. The first-order chi connectivity index (χ1) is 38.1. The largest absolute Gasteiger partial charge is 0.286 e. The lowest BCUT2D eigenvalue weighted by Gasteiger charge is -2.46. The Kier molecular flexibility index (Phi) is 65.4. The Morgan fingerprint density at radius 3 is 0.351 bits per heavy atom. The molecule has 4 nitrogen and oxygen atoms in total. The van der Waals surface area contributed by atoms with Gasteiger partial charge in [0, 0.05) is 39.3 Å². The summed E-state index contributed by atoms with van der Waals surface area (Å²) in [5, 5.41) is 0. The summed E-state index contributed by atoms with van der Waals surface area (Å²) < 4.78 is 25.7. The average Bonchev–Trinajstić information content (AvgIpc) is 3.44. The molecular formula is C72H150N3OP. The average molecular weight is 1100 g/mol. The van der Waals surface area contributed by atoms with E-state index in [1.54, 1.807) is 0 Å². The second-order valence-electron chi connectivity index (χ2n) is 25.5. The number of hydrogen-bond donors (Lipinski definition) is 0. The summed E-state index contributed by atoms with van der Waals surface area (Å²) in [5.41, 5.74) is 0. The zero-order valence-corrected chi connectivity index (χ0v) is 55.8. The van der Waals surface area contributed by atoms with Crippen molar-refractivity contribution in [2.45, 2.75) is 427 Å². The quantitative estimate of drug-likeness (QED) is 0.0448. The Morgan fingerprint density at radius 2 is 0.247 bits per heavy atom. The van der Waals surface area contributed by atoms with Crippen molar-refractivity contribution in [2.75, 3.05) is 39.3 Å². The number of unbranched alkanes of at least 4 members (excludes halogenated alkanes) is 54. The second-order valence-corrected chi connectivity index (χ2v) is 28.2. The van der Waals surface area contributed by atoms with Crippen molar-refractivity contribution in [3.05, 3.63) is 0 Å². The summed E-state index contributed by atoms with van der Waals surface area (Å²) in [6.45, 7) is 20.2. The molecule has 0 aliphatic heterocycles. The Morgan fingerprint density at radius 1 is 0.156 bits per heavy atom. The van der Waals surface area contributed by atoms with Gasteiger partial charge in [-0.05, 0) is 38.5 Å². The fourth-order valence-corrected chi connectivity index (χ4v) is 15.8. The van der Waals surface area contributed by atoms with Gasteiger partial charge in [-0.25, -0.2) is 14.0 Å². The lowest BCUT2D eigenvalue weighted by atomic mass is 10.1. The molecule has 0 spiro atoms. The number of rotatable bonds is 69. The van der Waals surface area contributed by atoms with Gasteiger partial charge in [0.2, 0.25) is 0 Å². The van der Waals surface area contributed by atoms with Crippen LogP contribution >= 0.6 is 7.59 Å². The van der Waals surface area contributed by atoms with Crippen LogP contribution in [-0.4, -0.2) is 53.3 Å². The third kappa shape index (κ3) is 51.5. The van der Waals surface area contributed by atoms with Crippen LogP contribution in [0.5, 0.6) is 0 Å². The SMILES string of the molecule is CCCCCCCCCCCCN(CCCCCCCCCCCC)P(=O)(N(CCCCCCCCCCCC)CCCCCCCCCCCC)N(CCCCCCCCCCCC)CCCCCCCCCCCC. The molecule has 0 aromatic heterocycles. The first-order valence-electron chi connectivity index (χ1n) is 36.9. The van der Waals surface area contributed by atoms with Gasteiger partial charge in [-0.3, -0.25) is 4.57 Å². The van der Waals surface area contributed by atoms with E-state index in [1.165, 1.54) is 385 Å². The van der Waals surface area contributed by atoms with E-state index in [0.29, 0.717) is 0 Å². The van der Waals surface area contributed by atoms with Crippen molar-refractivity contribution in [1.82, 2.24) is 14.0 Å². The van der Waals surface area contributed by atoms with Crippen molar-refractivity contribution >= 4 is 7.59 Å². The predicted molar refractivity (Wildman–Crippen MR) is 353 cm³/mol. The Bertz CT molecular complexity index is 912. The van der Waals surface area contributed by atoms with Crippen LogP contribution in [0.25, 0.3) is 0 Å². The third-order valence-corrected chi connectivity index (χ3v) is 21.1. The maximum atomic E-state index is 17.4. The van der Waals surface area contributed by atoms with Crippen molar-refractivity contribution in [3.63, 3.8) is 0 Å². The molecule has 0 aromatic rings. The predicted octanol–water partition coefficient (Wildman–Crippen LogP) is 26.5. The van der Waals surface area contributed by atoms with Crippen molar-refractivity contribution in [1.29, 1.82) is 0 Å². The lowest BCUT2D eigenvalue weighted by molar-refractivity contribution is 0.247. The van der Waals surface area contributed by atoms with E-state index in [0.717, 1.165) is 39.3 Å². The molecule has 5 heteroatoms. The van der Waals surface area contributed by atoms with Crippen LogP contribution in [-0.2, 0) is 4.57 Å². The summed E-state index contributed by atoms with van der Waals surface area (Å²) in [5.74, 6) is 0. The second kappa shape index (κ2) is 65.3. The first-order valence-corrected chi connectivity index (χ1v) is 38.5. The molecule has 0 fully saturated rings. The standard InChI is InChI=1S/C72H150N3OP/c1-7-13-19-25-31-37-43-49-55-61-67-73(68-62-56-50-44-38-32-26-20-14-8-2)77(76,74(69-63-57-51-45-39-33-27-21-15-9-3)70-64-58-52-46-40-34-28-22-16-10-4)75(71-65-59-53-47-41-35-29-23-17-11-5)72-66-60-54-48-42-36-30-24-18-12-6/h7-72H2,1-6H3. The molecule has 0 saturated carbocycles. The molecule has 0 rings (SSSR count). The van der Waals surface area contributed by atoms with Gasteiger partial charge in [-0.15, -0.1) is 0 Å². The highest BCUT2D eigenvalue weighted by Crippen LogP contribution is 2.57. The minimum Gasteiger partial charge on any atom is -0.270 e. The highest BCUT2D eigenvalue weighted by atomic mass is 31.2. The molecule has 464 valence electrons. The van der Waals surface area contributed by atoms with E-state index in [9.17, 15) is 0 Å². The van der Waals surface area contributed by atoms with Crippen molar-refractivity contribution in [3.8, 4) is 0 Å². The first kappa shape index (κ1) is 77.1. The van der Waals surface area contributed by atoms with Crippen LogP contribution in [0.1, 0.15) is 427 Å². The van der Waals surface area contributed by atoms with E-state index in [1.807, 2.05) is 0 Å². The van der Waals surface area contributed by atoms with Crippen LogP contribution in [0.3, 0.4) is 0 Å². The molecule has 77 heavy (non-hydrogen) atoms. The van der Waals surface area contributed by atoms with E-state index >= 15 is 4.57 Å². The van der Waals surface area contributed by atoms with Gasteiger partial charge >= 0.3 is 0 Å². The van der Waals surface area contributed by atoms with E-state index < -0.39 is 7.59 Å². The van der Waals surface area contributed by atoms with E-state index in [2.05, 4.69) is 55.6 Å². The topological polar surface area (TPSA) is 26.8 Å². The number of hydrogen-bond acceptors (Lipinski definition) is 1. The zero-order chi connectivity index (χ0) is 55.9. The smallest absolute Gasteiger partial charge is 0.270 e. The highest BCUT2D eigenvalue weighted by molar-refractivity contribution is 7.56. The molecular weight excluding hydrogens is 954 g/mol. The molecule has 0 aromatic carbocycles. The van der Waals surface area contributed by atoms with Gasteiger partial charge in [0.1, 0.15) is 0 Å². The molecule has 0 saturated heterocycles. The molecule has 0 amide bonds. The van der Waals surface area contributed by atoms with Gasteiger partial charge in [0.25, 0.3) is 7.59 Å². The van der Waals surface area contributed by atoms with Gasteiger partial charge in [0.15, 0.2) is 0 Å². The molecule has 0 bridgehead atoms. The Hall–Kier alpha value is 0.110. The Labute approximate surface area is 489 Å². The van der Waals surface area contributed by atoms with E-state index in [-0.39, 0.29) is 0 Å². The minimum atomic E-state index is -3.01. The monoisotopic (exact) mass is 1100 g/mol. The summed E-state index contributed by atoms with van der Waals surface area (Å²) in [4.78, 5) is 0. The summed E-state index contributed by atoms with van der Waals surface area (Å²) in [6, 6.07) is 0. The van der Waals surface area contributed by atoms with Gasteiger partial charge in [-0.1, -0.05) is 388 Å². The lowest BCUT2D eigenvalue weighted by Crippen LogP contribution is -2.43. The fourth-order valence-electron chi connectivity index (χ4n) is 12.3. The van der Waals surface area contributed by atoms with Crippen LogP contribution in [0.15, 0.2) is 0 Å². The highest BCUT2D eigenvalue weighted by Gasteiger charge is 2.41. The maximum absolute atomic E-state index is 17.4.